The number of nitrogens with zero attached hydrogens (tertiary/aromatic N) is 4. The predicted molar refractivity (Wildman–Crippen MR) is 128 cm³/mol. The number of H-pyrrole nitrogens is 1. The first-order valence-electron chi connectivity index (χ1n) is 12.1. The van der Waals surface area contributed by atoms with Crippen LogP contribution in [0.5, 0.6) is 0 Å². The summed E-state index contributed by atoms with van der Waals surface area (Å²) in [5, 5.41) is 8.03. The van der Waals surface area contributed by atoms with E-state index in [0.717, 1.165) is 47.7 Å². The van der Waals surface area contributed by atoms with E-state index in [4.69, 9.17) is 4.74 Å². The summed E-state index contributed by atoms with van der Waals surface area (Å²) in [6.45, 7) is 3.25. The molecule has 5 rings (SSSR count). The van der Waals surface area contributed by atoms with Crippen LogP contribution >= 0.6 is 0 Å². The highest BCUT2D eigenvalue weighted by Gasteiger charge is 2.36. The molecule has 0 spiro atoms. The van der Waals surface area contributed by atoms with E-state index < -0.39 is 0 Å². The summed E-state index contributed by atoms with van der Waals surface area (Å²) < 4.78 is 6.27. The molecule has 34 heavy (non-hydrogen) atoms. The maximum atomic E-state index is 13.6. The van der Waals surface area contributed by atoms with E-state index in [1.807, 2.05) is 42.2 Å². The third-order valence-electron chi connectivity index (χ3n) is 6.90. The van der Waals surface area contributed by atoms with Gasteiger partial charge in [0.25, 0.3) is 5.91 Å². The van der Waals surface area contributed by atoms with Gasteiger partial charge in [-0.05, 0) is 43.5 Å². The Morgan fingerprint density at radius 1 is 1.18 bits per heavy atom. The molecule has 8 nitrogen and oxygen atoms in total. The number of ether oxygens (including phenoxy) is 1. The molecule has 2 amide bonds. The molecular weight excluding hydrogens is 430 g/mol. The maximum absolute atomic E-state index is 13.6. The van der Waals surface area contributed by atoms with Crippen molar-refractivity contribution in [1.29, 1.82) is 0 Å². The molecule has 0 unspecified atom stereocenters. The molecule has 1 aliphatic heterocycles. The molecule has 1 aliphatic carbocycles. The summed E-state index contributed by atoms with van der Waals surface area (Å²) in [5.41, 5.74) is 3.18. The zero-order chi connectivity index (χ0) is 23.5. The Balaban J connectivity index is 1.40. The number of nitrogens with one attached hydrogen (secondary N) is 1. The molecule has 3 heterocycles. The number of amides is 2. The molecule has 2 aliphatic rings. The number of hydrogen-bond acceptors (Lipinski definition) is 5. The maximum Gasteiger partial charge on any atom is 0.275 e. The standard InChI is InChI=1S/C26H31N5O3/c1-18-9-10-23-22(12-18)25(29-28-23)26(33)30-14-21(34-17-19-6-5-11-27-13-19)15-31(24(32)16-30)20-7-3-2-4-8-20/h5-6,9-13,20-21H,2-4,7-8,14-17H2,1H3,(H,28,29)/t21-/m1/s1. The summed E-state index contributed by atoms with van der Waals surface area (Å²) in [5.74, 6) is -0.255. The smallest absolute Gasteiger partial charge is 0.275 e. The van der Waals surface area contributed by atoms with Crippen LogP contribution in [0.2, 0.25) is 0 Å². The first kappa shape index (κ1) is 22.5. The Bertz CT molecular complexity index is 1160. The van der Waals surface area contributed by atoms with Gasteiger partial charge in [-0.1, -0.05) is 37.0 Å². The normalized spacial score (nSPS) is 20.0. The third-order valence-corrected chi connectivity index (χ3v) is 6.90. The number of benzene rings is 1. The van der Waals surface area contributed by atoms with Crippen LogP contribution in [0.4, 0.5) is 0 Å². The monoisotopic (exact) mass is 461 g/mol. The van der Waals surface area contributed by atoms with Crippen molar-refractivity contribution in [2.75, 3.05) is 19.6 Å². The van der Waals surface area contributed by atoms with Crippen LogP contribution in [0.3, 0.4) is 0 Å². The van der Waals surface area contributed by atoms with Gasteiger partial charge in [0.15, 0.2) is 5.69 Å². The van der Waals surface area contributed by atoms with Gasteiger partial charge in [-0.25, -0.2) is 0 Å². The molecule has 3 aromatic rings. The Hall–Kier alpha value is -3.26. The van der Waals surface area contributed by atoms with Gasteiger partial charge in [0.1, 0.15) is 6.54 Å². The van der Waals surface area contributed by atoms with Crippen molar-refractivity contribution in [3.05, 3.63) is 59.5 Å². The second kappa shape index (κ2) is 9.93. The van der Waals surface area contributed by atoms with Gasteiger partial charge in [0.05, 0.1) is 18.2 Å². The highest BCUT2D eigenvalue weighted by molar-refractivity contribution is 6.05. The van der Waals surface area contributed by atoms with E-state index >= 15 is 0 Å². The van der Waals surface area contributed by atoms with E-state index in [0.29, 0.717) is 25.4 Å². The van der Waals surface area contributed by atoms with Crippen molar-refractivity contribution in [1.82, 2.24) is 25.0 Å². The van der Waals surface area contributed by atoms with E-state index in [1.165, 1.54) is 6.42 Å². The quantitative estimate of drug-likeness (QED) is 0.628. The largest absolute Gasteiger partial charge is 0.370 e. The van der Waals surface area contributed by atoms with Crippen LogP contribution in [0.15, 0.2) is 42.7 Å². The van der Waals surface area contributed by atoms with Crippen LogP contribution in [-0.4, -0.2) is 68.6 Å². The molecular formula is C26H31N5O3. The zero-order valence-corrected chi connectivity index (χ0v) is 19.6. The first-order chi connectivity index (χ1) is 16.6. The van der Waals surface area contributed by atoms with Crippen LogP contribution in [-0.2, 0) is 16.1 Å². The van der Waals surface area contributed by atoms with Gasteiger partial charge in [0.2, 0.25) is 5.91 Å². The fraction of sp³-hybridized carbons (Fsp3) is 0.462. The molecule has 0 radical (unpaired) electrons. The number of rotatable bonds is 5. The molecule has 1 saturated heterocycles. The average Bonchev–Trinajstić information content (AvgIpc) is 3.20. The number of aromatic amines is 1. The Morgan fingerprint density at radius 2 is 2.03 bits per heavy atom. The molecule has 178 valence electrons. The van der Waals surface area contributed by atoms with Crippen molar-refractivity contribution in [3.63, 3.8) is 0 Å². The first-order valence-corrected chi connectivity index (χ1v) is 12.1. The van der Waals surface area contributed by atoms with Gasteiger partial charge < -0.3 is 14.5 Å². The fourth-order valence-electron chi connectivity index (χ4n) is 5.09. The van der Waals surface area contributed by atoms with Crippen LogP contribution in [0.1, 0.15) is 53.7 Å². The Labute approximate surface area is 199 Å². The summed E-state index contributed by atoms with van der Waals surface area (Å²) in [6.07, 6.45) is 8.74. The lowest BCUT2D eigenvalue weighted by molar-refractivity contribution is -0.134. The van der Waals surface area contributed by atoms with E-state index in [9.17, 15) is 9.59 Å². The zero-order valence-electron chi connectivity index (χ0n) is 19.6. The van der Waals surface area contributed by atoms with Crippen LogP contribution < -0.4 is 0 Å². The minimum Gasteiger partial charge on any atom is -0.370 e. The van der Waals surface area contributed by atoms with Gasteiger partial charge in [-0.15, -0.1) is 0 Å². The van der Waals surface area contributed by atoms with Gasteiger partial charge >= 0.3 is 0 Å². The fourth-order valence-corrected chi connectivity index (χ4v) is 5.09. The lowest BCUT2D eigenvalue weighted by atomic mass is 9.94. The van der Waals surface area contributed by atoms with Crippen LogP contribution in [0.25, 0.3) is 10.9 Å². The number of pyridine rings is 1. The summed E-state index contributed by atoms with van der Waals surface area (Å²) >= 11 is 0. The molecule has 0 bridgehead atoms. The lowest BCUT2D eigenvalue weighted by Crippen LogP contribution is -2.46. The van der Waals surface area contributed by atoms with Gasteiger partial charge in [-0.3, -0.25) is 19.7 Å². The van der Waals surface area contributed by atoms with Crippen molar-refractivity contribution >= 4 is 22.7 Å². The van der Waals surface area contributed by atoms with E-state index in [2.05, 4.69) is 15.2 Å². The number of carbonyl (C=O) groups excluding carboxylic acids is 2. The minimum atomic E-state index is -0.288. The number of carbonyl (C=O) groups is 2. The number of fused-ring (bicyclic) bond motifs is 1. The number of aromatic nitrogens is 3. The highest BCUT2D eigenvalue weighted by Crippen LogP contribution is 2.26. The summed E-state index contributed by atoms with van der Waals surface area (Å²) in [7, 11) is 0. The van der Waals surface area contributed by atoms with Crippen molar-refractivity contribution in [2.24, 2.45) is 0 Å². The molecule has 2 aromatic heterocycles. The van der Waals surface area contributed by atoms with Crippen LogP contribution in [0, 0.1) is 6.92 Å². The van der Waals surface area contributed by atoms with Gasteiger partial charge in [-0.2, -0.15) is 5.10 Å². The van der Waals surface area contributed by atoms with Crippen molar-refractivity contribution in [3.8, 4) is 0 Å². The number of hydrogen-bond donors (Lipinski definition) is 1. The summed E-state index contributed by atoms with van der Waals surface area (Å²) in [4.78, 5) is 34.7. The highest BCUT2D eigenvalue weighted by atomic mass is 16.5. The number of aryl methyl sites for hydroxylation is 1. The second-order valence-corrected chi connectivity index (χ2v) is 9.44. The molecule has 8 heteroatoms. The minimum absolute atomic E-state index is 0.0104. The van der Waals surface area contributed by atoms with Crippen molar-refractivity contribution in [2.45, 2.75) is 57.8 Å². The second-order valence-electron chi connectivity index (χ2n) is 9.44. The molecule has 2 fully saturated rings. The van der Waals surface area contributed by atoms with E-state index in [-0.39, 0.29) is 30.5 Å². The SMILES string of the molecule is Cc1ccc2[nH]nc(C(=O)N3CC(=O)N(C4CCCCC4)C[C@H](OCc4cccnc4)C3)c2c1. The molecule has 1 aromatic carbocycles. The van der Waals surface area contributed by atoms with Crippen molar-refractivity contribution < 1.29 is 14.3 Å². The topological polar surface area (TPSA) is 91.4 Å². The van der Waals surface area contributed by atoms with E-state index in [1.54, 1.807) is 17.3 Å². The average molecular weight is 462 g/mol. The lowest BCUT2D eigenvalue weighted by Gasteiger charge is -2.34. The molecule has 1 N–H and O–H groups in total. The molecule has 1 saturated carbocycles. The Morgan fingerprint density at radius 3 is 2.82 bits per heavy atom. The van der Waals surface area contributed by atoms with Gasteiger partial charge in [0, 0.05) is 36.9 Å². The molecule has 1 atom stereocenters. The predicted octanol–water partition coefficient (Wildman–Crippen LogP) is 3.47. The Kier molecular flexibility index (Phi) is 6.58. The third kappa shape index (κ3) is 4.82. The summed E-state index contributed by atoms with van der Waals surface area (Å²) in [6, 6.07) is 9.92.